The van der Waals surface area contributed by atoms with Crippen LogP contribution in [-0.4, -0.2) is 22.6 Å². The van der Waals surface area contributed by atoms with Crippen LogP contribution in [0.25, 0.3) is 0 Å². The third-order valence-electron chi connectivity index (χ3n) is 1.53. The Bertz CT molecular complexity index is 309. The van der Waals surface area contributed by atoms with Gasteiger partial charge in [-0.2, -0.15) is 0 Å². The van der Waals surface area contributed by atoms with Gasteiger partial charge in [0, 0.05) is 11.4 Å². The summed E-state index contributed by atoms with van der Waals surface area (Å²) in [7, 11) is 0. The molecule has 5 heteroatoms. The van der Waals surface area contributed by atoms with E-state index >= 15 is 0 Å². The first-order chi connectivity index (χ1) is 6.15. The molecule has 0 atom stereocenters. The van der Waals surface area contributed by atoms with Crippen LogP contribution >= 0.6 is 11.3 Å². The molecular formula is C8H12N2O2S. The van der Waals surface area contributed by atoms with E-state index in [2.05, 4.69) is 10.3 Å². The molecule has 0 aliphatic rings. The highest BCUT2D eigenvalue weighted by atomic mass is 32.1. The van der Waals surface area contributed by atoms with Gasteiger partial charge in [0.2, 0.25) is 0 Å². The van der Waals surface area contributed by atoms with Crippen molar-refractivity contribution in [3.05, 3.63) is 10.6 Å². The van der Waals surface area contributed by atoms with Crippen molar-refractivity contribution in [3.8, 4) is 0 Å². The molecule has 0 fully saturated rings. The lowest BCUT2D eigenvalue weighted by atomic mass is 10.4. The van der Waals surface area contributed by atoms with Crippen molar-refractivity contribution in [2.24, 2.45) is 0 Å². The van der Waals surface area contributed by atoms with Gasteiger partial charge in [-0.1, -0.05) is 6.92 Å². The molecule has 1 heterocycles. The number of aryl methyl sites for hydroxylation is 1. The highest BCUT2D eigenvalue weighted by molar-refractivity contribution is 7.15. The van der Waals surface area contributed by atoms with Crippen molar-refractivity contribution in [3.63, 3.8) is 0 Å². The maximum atomic E-state index is 10.6. The van der Waals surface area contributed by atoms with Crippen LogP contribution in [-0.2, 0) is 0 Å². The Morgan fingerprint density at radius 2 is 2.38 bits per heavy atom. The minimum absolute atomic E-state index is 0.156. The van der Waals surface area contributed by atoms with E-state index < -0.39 is 5.97 Å². The summed E-state index contributed by atoms with van der Waals surface area (Å²) in [5, 5.41) is 12.5. The van der Waals surface area contributed by atoms with E-state index in [0.717, 1.165) is 17.8 Å². The number of nitrogens with one attached hydrogen (secondary N) is 1. The summed E-state index contributed by atoms with van der Waals surface area (Å²) in [5.74, 6) is -0.960. The number of carbonyl (C=O) groups is 1. The first kappa shape index (κ1) is 9.98. The van der Waals surface area contributed by atoms with Gasteiger partial charge in [0.05, 0.1) is 0 Å². The first-order valence-electron chi connectivity index (χ1n) is 4.09. The second-order valence-corrected chi connectivity index (χ2v) is 3.86. The van der Waals surface area contributed by atoms with E-state index in [1.54, 1.807) is 6.92 Å². The van der Waals surface area contributed by atoms with Crippen LogP contribution in [0.15, 0.2) is 0 Å². The molecule has 0 aliphatic heterocycles. The van der Waals surface area contributed by atoms with Gasteiger partial charge in [0.25, 0.3) is 0 Å². The van der Waals surface area contributed by atoms with Crippen LogP contribution in [0, 0.1) is 6.92 Å². The predicted octanol–water partition coefficient (Wildman–Crippen LogP) is 1.97. The third-order valence-corrected chi connectivity index (χ3v) is 2.45. The molecule has 1 rings (SSSR count). The number of hydrogen-bond acceptors (Lipinski definition) is 4. The molecule has 0 bridgehead atoms. The van der Waals surface area contributed by atoms with Gasteiger partial charge in [-0.3, -0.25) is 0 Å². The highest BCUT2D eigenvalue weighted by Crippen LogP contribution is 2.21. The lowest BCUT2D eigenvalue weighted by Gasteiger charge is -1.96. The average molecular weight is 200 g/mol. The van der Waals surface area contributed by atoms with E-state index in [0.29, 0.717) is 5.13 Å². The zero-order valence-electron chi connectivity index (χ0n) is 7.63. The van der Waals surface area contributed by atoms with Crippen molar-refractivity contribution >= 4 is 22.4 Å². The Labute approximate surface area is 80.6 Å². The summed E-state index contributed by atoms with van der Waals surface area (Å²) in [6.45, 7) is 4.63. The zero-order chi connectivity index (χ0) is 9.84. The second kappa shape index (κ2) is 4.23. The maximum Gasteiger partial charge on any atom is 0.355 e. The van der Waals surface area contributed by atoms with Crippen LogP contribution in [0.4, 0.5) is 5.13 Å². The van der Waals surface area contributed by atoms with Crippen molar-refractivity contribution in [1.82, 2.24) is 4.98 Å². The molecule has 4 nitrogen and oxygen atoms in total. The Hall–Kier alpha value is -1.10. The second-order valence-electron chi connectivity index (χ2n) is 2.66. The topological polar surface area (TPSA) is 62.2 Å². The van der Waals surface area contributed by atoms with Crippen LogP contribution in [0.5, 0.6) is 0 Å². The molecule has 0 aromatic carbocycles. The minimum Gasteiger partial charge on any atom is -0.476 e. The molecule has 0 saturated heterocycles. The molecule has 1 aromatic rings. The van der Waals surface area contributed by atoms with Crippen LogP contribution < -0.4 is 5.32 Å². The fourth-order valence-electron chi connectivity index (χ4n) is 0.902. The SMILES string of the molecule is CCCNc1nc(C(=O)O)c(C)s1. The van der Waals surface area contributed by atoms with E-state index in [9.17, 15) is 4.79 Å². The van der Waals surface area contributed by atoms with Crippen LogP contribution in [0.2, 0.25) is 0 Å². The molecule has 0 amide bonds. The van der Waals surface area contributed by atoms with Crippen molar-refractivity contribution in [2.45, 2.75) is 20.3 Å². The number of aromatic carboxylic acids is 1. The van der Waals surface area contributed by atoms with Gasteiger partial charge >= 0.3 is 5.97 Å². The number of carboxylic acid groups (broad SMARTS) is 1. The minimum atomic E-state index is -0.960. The van der Waals surface area contributed by atoms with Crippen molar-refractivity contribution in [2.75, 3.05) is 11.9 Å². The largest absolute Gasteiger partial charge is 0.476 e. The number of anilines is 1. The Morgan fingerprint density at radius 3 is 2.85 bits per heavy atom. The summed E-state index contributed by atoms with van der Waals surface area (Å²) in [6.07, 6.45) is 1.00. The number of nitrogens with zero attached hydrogens (tertiary/aromatic N) is 1. The molecule has 72 valence electrons. The van der Waals surface area contributed by atoms with Crippen molar-refractivity contribution in [1.29, 1.82) is 0 Å². The monoisotopic (exact) mass is 200 g/mol. The smallest absolute Gasteiger partial charge is 0.355 e. The third kappa shape index (κ3) is 2.42. The number of thiazole rings is 1. The summed E-state index contributed by atoms with van der Waals surface area (Å²) < 4.78 is 0. The Morgan fingerprint density at radius 1 is 1.69 bits per heavy atom. The van der Waals surface area contributed by atoms with Gasteiger partial charge in [-0.05, 0) is 13.3 Å². The molecule has 13 heavy (non-hydrogen) atoms. The van der Waals surface area contributed by atoms with Crippen molar-refractivity contribution < 1.29 is 9.90 Å². The summed E-state index contributed by atoms with van der Waals surface area (Å²) >= 11 is 1.38. The summed E-state index contributed by atoms with van der Waals surface area (Å²) in [4.78, 5) is 15.3. The van der Waals surface area contributed by atoms with Gasteiger partial charge in [0.1, 0.15) is 0 Å². The summed E-state index contributed by atoms with van der Waals surface area (Å²) in [6, 6.07) is 0. The van der Waals surface area contributed by atoms with E-state index in [4.69, 9.17) is 5.11 Å². The fraction of sp³-hybridized carbons (Fsp3) is 0.500. The van der Waals surface area contributed by atoms with Gasteiger partial charge in [0.15, 0.2) is 10.8 Å². The fourth-order valence-corrected chi connectivity index (χ4v) is 1.73. The van der Waals surface area contributed by atoms with Crippen LogP contribution in [0.3, 0.4) is 0 Å². The molecule has 1 aromatic heterocycles. The predicted molar refractivity (Wildman–Crippen MR) is 52.6 cm³/mol. The Kier molecular flexibility index (Phi) is 3.25. The lowest BCUT2D eigenvalue weighted by Crippen LogP contribution is -2.01. The zero-order valence-corrected chi connectivity index (χ0v) is 8.44. The van der Waals surface area contributed by atoms with E-state index in [1.807, 2.05) is 6.92 Å². The van der Waals surface area contributed by atoms with E-state index in [1.165, 1.54) is 11.3 Å². The molecule has 2 N–H and O–H groups in total. The quantitative estimate of drug-likeness (QED) is 0.780. The number of hydrogen-bond donors (Lipinski definition) is 2. The molecular weight excluding hydrogens is 188 g/mol. The highest BCUT2D eigenvalue weighted by Gasteiger charge is 2.13. The number of carboxylic acids is 1. The van der Waals surface area contributed by atoms with Crippen LogP contribution in [0.1, 0.15) is 28.7 Å². The normalized spacial score (nSPS) is 10.0. The average Bonchev–Trinajstić information content (AvgIpc) is 2.43. The number of aromatic nitrogens is 1. The Balaban J connectivity index is 2.76. The van der Waals surface area contributed by atoms with Gasteiger partial charge < -0.3 is 10.4 Å². The molecule has 0 unspecified atom stereocenters. The number of rotatable bonds is 4. The van der Waals surface area contributed by atoms with Gasteiger partial charge in [-0.15, -0.1) is 11.3 Å². The lowest BCUT2D eigenvalue weighted by molar-refractivity contribution is 0.0690. The van der Waals surface area contributed by atoms with E-state index in [-0.39, 0.29) is 5.69 Å². The molecule has 0 aliphatic carbocycles. The molecule has 0 saturated carbocycles. The maximum absolute atomic E-state index is 10.6. The van der Waals surface area contributed by atoms with Gasteiger partial charge in [-0.25, -0.2) is 9.78 Å². The first-order valence-corrected chi connectivity index (χ1v) is 4.91. The standard InChI is InChI=1S/C8H12N2O2S/c1-3-4-9-8-10-6(7(11)12)5(2)13-8/h3-4H2,1-2H3,(H,9,10)(H,11,12). The summed E-state index contributed by atoms with van der Waals surface area (Å²) in [5.41, 5.74) is 0.156. The molecule has 0 radical (unpaired) electrons. The molecule has 0 spiro atoms.